The SMILES string of the molecule is CCn1nc(C)c(Cl)c1CCC(O)C(C)(C)C. The second kappa shape index (κ2) is 5.40. The van der Waals surface area contributed by atoms with Crippen molar-refractivity contribution < 1.29 is 5.11 Å². The van der Waals surface area contributed by atoms with E-state index in [1.165, 1.54) is 0 Å². The zero-order valence-corrected chi connectivity index (χ0v) is 12.2. The minimum Gasteiger partial charge on any atom is -0.393 e. The Morgan fingerprint density at radius 1 is 1.41 bits per heavy atom. The van der Waals surface area contributed by atoms with Crippen molar-refractivity contribution in [3.8, 4) is 0 Å². The highest BCUT2D eigenvalue weighted by atomic mass is 35.5. The molecule has 1 atom stereocenters. The van der Waals surface area contributed by atoms with E-state index >= 15 is 0 Å². The van der Waals surface area contributed by atoms with Crippen LogP contribution in [0.15, 0.2) is 0 Å². The molecule has 0 amide bonds. The number of hydrogen-bond donors (Lipinski definition) is 1. The van der Waals surface area contributed by atoms with Crippen molar-refractivity contribution in [1.29, 1.82) is 0 Å². The quantitative estimate of drug-likeness (QED) is 0.901. The topological polar surface area (TPSA) is 38.0 Å². The van der Waals surface area contributed by atoms with E-state index < -0.39 is 0 Å². The third-order valence-electron chi connectivity index (χ3n) is 3.11. The Kier molecular flexibility index (Phi) is 4.62. The Morgan fingerprint density at radius 3 is 2.47 bits per heavy atom. The molecule has 0 aliphatic carbocycles. The van der Waals surface area contributed by atoms with Crippen LogP contribution < -0.4 is 0 Å². The standard InChI is InChI=1S/C13H23ClN2O/c1-6-16-10(12(14)9(2)15-16)7-8-11(17)13(3,4)5/h11,17H,6-8H2,1-5H3. The molecule has 3 nitrogen and oxygen atoms in total. The Bertz CT molecular complexity index is 380. The minimum absolute atomic E-state index is 0.0847. The monoisotopic (exact) mass is 258 g/mol. The minimum atomic E-state index is -0.320. The summed E-state index contributed by atoms with van der Waals surface area (Å²) in [5, 5.41) is 15.2. The van der Waals surface area contributed by atoms with Gasteiger partial charge in [-0.15, -0.1) is 0 Å². The molecule has 1 rings (SSSR count). The summed E-state index contributed by atoms with van der Waals surface area (Å²) in [5.41, 5.74) is 1.82. The van der Waals surface area contributed by atoms with Crippen molar-refractivity contribution in [2.45, 2.75) is 60.1 Å². The maximum absolute atomic E-state index is 10.0. The van der Waals surface area contributed by atoms with Gasteiger partial charge in [0.15, 0.2) is 0 Å². The van der Waals surface area contributed by atoms with Gasteiger partial charge in [0.2, 0.25) is 0 Å². The predicted molar refractivity (Wildman–Crippen MR) is 71.4 cm³/mol. The third-order valence-corrected chi connectivity index (χ3v) is 3.60. The van der Waals surface area contributed by atoms with E-state index in [9.17, 15) is 5.11 Å². The largest absolute Gasteiger partial charge is 0.393 e. The molecule has 0 fully saturated rings. The number of rotatable bonds is 4. The molecule has 0 bridgehead atoms. The van der Waals surface area contributed by atoms with Crippen LogP contribution in [0, 0.1) is 12.3 Å². The highest BCUT2D eigenvalue weighted by molar-refractivity contribution is 6.31. The molecule has 0 aliphatic rings. The lowest BCUT2D eigenvalue weighted by molar-refractivity contribution is 0.0555. The van der Waals surface area contributed by atoms with Gasteiger partial charge in [0.1, 0.15) is 0 Å². The Balaban J connectivity index is 2.76. The van der Waals surface area contributed by atoms with Gasteiger partial charge >= 0.3 is 0 Å². The van der Waals surface area contributed by atoms with Gasteiger partial charge in [0, 0.05) is 6.54 Å². The van der Waals surface area contributed by atoms with Crippen LogP contribution in [0.1, 0.15) is 45.5 Å². The smallest absolute Gasteiger partial charge is 0.0847 e. The maximum atomic E-state index is 10.0. The number of aliphatic hydroxyl groups is 1. The molecule has 1 unspecified atom stereocenters. The summed E-state index contributed by atoms with van der Waals surface area (Å²) >= 11 is 6.23. The second-order valence-electron chi connectivity index (χ2n) is 5.58. The van der Waals surface area contributed by atoms with Crippen LogP contribution in [0.4, 0.5) is 0 Å². The highest BCUT2D eigenvalue weighted by Crippen LogP contribution is 2.26. The van der Waals surface area contributed by atoms with Gasteiger partial charge < -0.3 is 5.11 Å². The first kappa shape index (κ1) is 14.5. The molecule has 0 spiro atoms. The van der Waals surface area contributed by atoms with E-state index in [4.69, 9.17) is 11.6 Å². The zero-order valence-electron chi connectivity index (χ0n) is 11.4. The van der Waals surface area contributed by atoms with Gasteiger partial charge in [-0.05, 0) is 32.1 Å². The lowest BCUT2D eigenvalue weighted by atomic mass is 9.86. The molecule has 1 aromatic rings. The van der Waals surface area contributed by atoms with E-state index in [0.717, 1.165) is 29.4 Å². The van der Waals surface area contributed by atoms with Crippen molar-refractivity contribution in [2.75, 3.05) is 0 Å². The normalized spacial score (nSPS) is 14.1. The molecular formula is C13H23ClN2O. The average molecular weight is 259 g/mol. The highest BCUT2D eigenvalue weighted by Gasteiger charge is 2.23. The van der Waals surface area contributed by atoms with Crippen LogP contribution in [0.3, 0.4) is 0 Å². The summed E-state index contributed by atoms with van der Waals surface area (Å²) in [6.07, 6.45) is 1.17. The number of aromatic nitrogens is 2. The summed E-state index contributed by atoms with van der Waals surface area (Å²) in [4.78, 5) is 0. The first-order chi connectivity index (χ1) is 7.77. The summed E-state index contributed by atoms with van der Waals surface area (Å²) in [7, 11) is 0. The van der Waals surface area contributed by atoms with Crippen LogP contribution in [0.25, 0.3) is 0 Å². The average Bonchev–Trinajstić information content (AvgIpc) is 2.50. The molecule has 4 heteroatoms. The molecule has 98 valence electrons. The molecule has 17 heavy (non-hydrogen) atoms. The Morgan fingerprint density at radius 2 is 2.00 bits per heavy atom. The van der Waals surface area contributed by atoms with Crippen LogP contribution in [0.5, 0.6) is 0 Å². The van der Waals surface area contributed by atoms with E-state index in [1.807, 2.05) is 39.3 Å². The molecule has 0 saturated carbocycles. The maximum Gasteiger partial charge on any atom is 0.0847 e. The van der Waals surface area contributed by atoms with Crippen molar-refractivity contribution in [3.63, 3.8) is 0 Å². The number of aliphatic hydroxyl groups excluding tert-OH is 1. The molecular weight excluding hydrogens is 236 g/mol. The number of aryl methyl sites for hydroxylation is 2. The van der Waals surface area contributed by atoms with Gasteiger partial charge in [0.05, 0.1) is 22.5 Å². The first-order valence-electron chi connectivity index (χ1n) is 6.17. The summed E-state index contributed by atoms with van der Waals surface area (Å²) < 4.78 is 1.92. The lowest BCUT2D eigenvalue weighted by Crippen LogP contribution is -2.26. The first-order valence-corrected chi connectivity index (χ1v) is 6.55. The Hall–Kier alpha value is -0.540. The fourth-order valence-electron chi connectivity index (χ4n) is 1.81. The third kappa shape index (κ3) is 3.46. The number of hydrogen-bond acceptors (Lipinski definition) is 2. The van der Waals surface area contributed by atoms with Crippen LogP contribution >= 0.6 is 11.6 Å². The van der Waals surface area contributed by atoms with Gasteiger partial charge in [-0.2, -0.15) is 5.10 Å². The van der Waals surface area contributed by atoms with Gasteiger partial charge in [-0.3, -0.25) is 4.68 Å². The van der Waals surface area contributed by atoms with Gasteiger partial charge in [-0.25, -0.2) is 0 Å². The van der Waals surface area contributed by atoms with E-state index in [2.05, 4.69) is 5.10 Å². The van der Waals surface area contributed by atoms with E-state index in [1.54, 1.807) is 0 Å². The fraction of sp³-hybridized carbons (Fsp3) is 0.769. The Labute approximate surface area is 109 Å². The summed E-state index contributed by atoms with van der Waals surface area (Å²) in [6.45, 7) is 10.9. The molecule has 0 radical (unpaired) electrons. The van der Waals surface area contributed by atoms with Crippen molar-refractivity contribution >= 4 is 11.6 Å². The predicted octanol–water partition coefficient (Wildman–Crippen LogP) is 3.20. The molecule has 0 aliphatic heterocycles. The molecule has 1 aromatic heterocycles. The molecule has 1 N–H and O–H groups in total. The van der Waals surface area contributed by atoms with E-state index in [-0.39, 0.29) is 11.5 Å². The summed E-state index contributed by atoms with van der Waals surface area (Å²) in [6, 6.07) is 0. The zero-order chi connectivity index (χ0) is 13.2. The van der Waals surface area contributed by atoms with E-state index in [0.29, 0.717) is 6.42 Å². The second-order valence-corrected chi connectivity index (χ2v) is 5.96. The van der Waals surface area contributed by atoms with Crippen molar-refractivity contribution in [3.05, 3.63) is 16.4 Å². The summed E-state index contributed by atoms with van der Waals surface area (Å²) in [5.74, 6) is 0. The molecule has 0 saturated heterocycles. The fourth-order valence-corrected chi connectivity index (χ4v) is 2.04. The molecule has 1 heterocycles. The van der Waals surface area contributed by atoms with Crippen LogP contribution in [-0.2, 0) is 13.0 Å². The number of nitrogens with zero attached hydrogens (tertiary/aromatic N) is 2. The van der Waals surface area contributed by atoms with Crippen LogP contribution in [0.2, 0.25) is 5.02 Å². The lowest BCUT2D eigenvalue weighted by Gasteiger charge is -2.25. The number of halogens is 1. The van der Waals surface area contributed by atoms with Crippen LogP contribution in [-0.4, -0.2) is 21.0 Å². The van der Waals surface area contributed by atoms with Crippen molar-refractivity contribution in [1.82, 2.24) is 9.78 Å². The van der Waals surface area contributed by atoms with Crippen molar-refractivity contribution in [2.24, 2.45) is 5.41 Å². The molecule has 0 aromatic carbocycles. The van der Waals surface area contributed by atoms with Gasteiger partial charge in [-0.1, -0.05) is 32.4 Å². The van der Waals surface area contributed by atoms with Gasteiger partial charge in [0.25, 0.3) is 0 Å².